The summed E-state index contributed by atoms with van der Waals surface area (Å²) in [6.45, 7) is 4.02. The molecule has 0 aliphatic heterocycles. The minimum Gasteiger partial charge on any atom is -0.255 e. The maximum atomic E-state index is 11.2. The predicted octanol–water partition coefficient (Wildman–Crippen LogP) is 2.80. The molecule has 0 spiro atoms. The molecule has 0 saturated heterocycles. The van der Waals surface area contributed by atoms with Gasteiger partial charge in [-0.05, 0) is 37.1 Å². The molecule has 0 saturated carbocycles. The first-order valence-electron chi connectivity index (χ1n) is 3.63. The smallest absolute Gasteiger partial charge is 0.0500 e. The van der Waals surface area contributed by atoms with Crippen molar-refractivity contribution >= 4 is 26.7 Å². The molecule has 1 rings (SSSR count). The summed E-state index contributed by atoms with van der Waals surface area (Å²) in [5.41, 5.74) is 2.29. The molecule has 0 radical (unpaired) electrons. The van der Waals surface area contributed by atoms with Gasteiger partial charge in [-0.3, -0.25) is 4.21 Å². The SMILES string of the molecule is Cc1c(Br)ccc(S(C)=O)c1C. The van der Waals surface area contributed by atoms with Crippen LogP contribution in [0.5, 0.6) is 0 Å². The Labute approximate surface area is 83.8 Å². The van der Waals surface area contributed by atoms with E-state index < -0.39 is 10.8 Å². The number of hydrogen-bond acceptors (Lipinski definition) is 1. The van der Waals surface area contributed by atoms with Crippen LogP contribution in [0.4, 0.5) is 0 Å². The second-order valence-corrected chi connectivity index (χ2v) is 4.95. The van der Waals surface area contributed by atoms with Crippen LogP contribution < -0.4 is 0 Å². The first kappa shape index (κ1) is 9.93. The van der Waals surface area contributed by atoms with Crippen molar-refractivity contribution in [2.75, 3.05) is 6.26 Å². The quantitative estimate of drug-likeness (QED) is 0.745. The lowest BCUT2D eigenvalue weighted by molar-refractivity contribution is 0.686. The fourth-order valence-corrected chi connectivity index (χ4v) is 2.35. The van der Waals surface area contributed by atoms with E-state index in [1.54, 1.807) is 6.26 Å². The highest BCUT2D eigenvalue weighted by molar-refractivity contribution is 9.10. The molecule has 0 aliphatic carbocycles. The van der Waals surface area contributed by atoms with E-state index in [1.165, 1.54) is 5.56 Å². The van der Waals surface area contributed by atoms with Gasteiger partial charge in [-0.15, -0.1) is 0 Å². The van der Waals surface area contributed by atoms with E-state index in [9.17, 15) is 4.21 Å². The van der Waals surface area contributed by atoms with Crippen molar-refractivity contribution in [2.45, 2.75) is 18.7 Å². The zero-order chi connectivity index (χ0) is 9.30. The van der Waals surface area contributed by atoms with Gasteiger partial charge in [0, 0.05) is 15.6 Å². The lowest BCUT2D eigenvalue weighted by Gasteiger charge is -2.07. The van der Waals surface area contributed by atoms with Gasteiger partial charge in [-0.2, -0.15) is 0 Å². The van der Waals surface area contributed by atoms with E-state index in [0.29, 0.717) is 0 Å². The predicted molar refractivity (Wildman–Crippen MR) is 55.9 cm³/mol. The minimum absolute atomic E-state index is 0.880. The summed E-state index contributed by atoms with van der Waals surface area (Å²) in [6, 6.07) is 3.85. The average Bonchev–Trinajstić information content (AvgIpc) is 2.00. The molecule has 12 heavy (non-hydrogen) atoms. The summed E-state index contributed by atoms with van der Waals surface area (Å²) in [5, 5.41) is 0. The van der Waals surface area contributed by atoms with Crippen molar-refractivity contribution in [1.82, 2.24) is 0 Å². The molecule has 66 valence electrons. The Hall–Kier alpha value is -0.150. The topological polar surface area (TPSA) is 17.1 Å². The summed E-state index contributed by atoms with van der Waals surface area (Å²) < 4.78 is 12.3. The number of halogens is 1. The molecular formula is C9H11BrOS. The Morgan fingerprint density at radius 2 is 1.83 bits per heavy atom. The molecule has 0 aliphatic rings. The Balaban J connectivity index is 3.36. The van der Waals surface area contributed by atoms with E-state index in [2.05, 4.69) is 15.9 Å². The van der Waals surface area contributed by atoms with Crippen LogP contribution in [0.3, 0.4) is 0 Å². The summed E-state index contributed by atoms with van der Waals surface area (Å²) in [4.78, 5) is 0.927. The molecule has 0 fully saturated rings. The molecule has 3 heteroatoms. The lowest BCUT2D eigenvalue weighted by atomic mass is 10.1. The zero-order valence-electron chi connectivity index (χ0n) is 7.35. The average molecular weight is 247 g/mol. The van der Waals surface area contributed by atoms with Gasteiger partial charge < -0.3 is 0 Å². The van der Waals surface area contributed by atoms with Gasteiger partial charge in [-0.25, -0.2) is 0 Å². The Kier molecular flexibility index (Phi) is 3.07. The molecule has 0 amide bonds. The summed E-state index contributed by atoms with van der Waals surface area (Å²) in [6.07, 6.45) is 1.70. The monoisotopic (exact) mass is 246 g/mol. The molecule has 1 unspecified atom stereocenters. The number of benzene rings is 1. The molecule has 1 aromatic rings. The van der Waals surface area contributed by atoms with E-state index in [1.807, 2.05) is 26.0 Å². The van der Waals surface area contributed by atoms with Gasteiger partial charge in [0.25, 0.3) is 0 Å². The second kappa shape index (κ2) is 3.71. The van der Waals surface area contributed by atoms with Gasteiger partial charge in [0.05, 0.1) is 10.8 Å². The molecule has 1 nitrogen and oxygen atoms in total. The minimum atomic E-state index is -0.880. The summed E-state index contributed by atoms with van der Waals surface area (Å²) in [7, 11) is -0.880. The molecule has 0 aromatic heterocycles. The Bertz CT molecular complexity index is 334. The van der Waals surface area contributed by atoms with Crippen molar-refractivity contribution < 1.29 is 4.21 Å². The van der Waals surface area contributed by atoms with Crippen LogP contribution in [0.2, 0.25) is 0 Å². The molecule has 1 aromatic carbocycles. The summed E-state index contributed by atoms with van der Waals surface area (Å²) in [5.74, 6) is 0. The molecule has 1 atom stereocenters. The second-order valence-electron chi connectivity index (χ2n) is 2.75. The van der Waals surface area contributed by atoms with Crippen LogP contribution in [0.1, 0.15) is 11.1 Å². The van der Waals surface area contributed by atoms with Crippen LogP contribution in [0, 0.1) is 13.8 Å². The van der Waals surface area contributed by atoms with Crippen molar-refractivity contribution in [3.8, 4) is 0 Å². The van der Waals surface area contributed by atoms with Crippen molar-refractivity contribution in [1.29, 1.82) is 0 Å². The highest BCUT2D eigenvalue weighted by atomic mass is 79.9. The third kappa shape index (κ3) is 1.77. The lowest BCUT2D eigenvalue weighted by Crippen LogP contribution is -1.94. The third-order valence-electron chi connectivity index (χ3n) is 1.98. The van der Waals surface area contributed by atoms with E-state index in [0.717, 1.165) is 14.9 Å². The van der Waals surface area contributed by atoms with Gasteiger partial charge in [0.15, 0.2) is 0 Å². The van der Waals surface area contributed by atoms with E-state index >= 15 is 0 Å². The van der Waals surface area contributed by atoms with Crippen molar-refractivity contribution in [2.24, 2.45) is 0 Å². The summed E-state index contributed by atoms with van der Waals surface area (Å²) >= 11 is 3.43. The van der Waals surface area contributed by atoms with Crippen molar-refractivity contribution in [3.63, 3.8) is 0 Å². The zero-order valence-corrected chi connectivity index (χ0v) is 9.75. The van der Waals surface area contributed by atoms with Crippen LogP contribution in [-0.4, -0.2) is 10.5 Å². The van der Waals surface area contributed by atoms with Crippen molar-refractivity contribution in [3.05, 3.63) is 27.7 Å². The maximum Gasteiger partial charge on any atom is 0.0500 e. The third-order valence-corrected chi connectivity index (χ3v) is 3.90. The number of rotatable bonds is 1. The van der Waals surface area contributed by atoms with Crippen LogP contribution in [-0.2, 0) is 10.8 Å². The fourth-order valence-electron chi connectivity index (χ4n) is 1.07. The van der Waals surface area contributed by atoms with E-state index in [4.69, 9.17) is 0 Å². The standard InChI is InChI=1S/C9H11BrOS/c1-6-7(2)9(12(3)11)5-4-8(6)10/h4-5H,1-3H3. The highest BCUT2D eigenvalue weighted by Gasteiger charge is 2.06. The highest BCUT2D eigenvalue weighted by Crippen LogP contribution is 2.23. The molecule has 0 heterocycles. The van der Waals surface area contributed by atoms with Gasteiger partial charge >= 0.3 is 0 Å². The van der Waals surface area contributed by atoms with E-state index in [-0.39, 0.29) is 0 Å². The molecule has 0 N–H and O–H groups in total. The largest absolute Gasteiger partial charge is 0.255 e. The molecular weight excluding hydrogens is 236 g/mol. The van der Waals surface area contributed by atoms with Gasteiger partial charge in [0.1, 0.15) is 0 Å². The van der Waals surface area contributed by atoms with Crippen LogP contribution >= 0.6 is 15.9 Å². The Morgan fingerprint density at radius 1 is 1.25 bits per heavy atom. The van der Waals surface area contributed by atoms with Gasteiger partial charge in [0.2, 0.25) is 0 Å². The van der Waals surface area contributed by atoms with Gasteiger partial charge in [-0.1, -0.05) is 15.9 Å². The normalized spacial score (nSPS) is 13.0. The fraction of sp³-hybridized carbons (Fsp3) is 0.333. The van der Waals surface area contributed by atoms with Crippen LogP contribution in [0.15, 0.2) is 21.5 Å². The first-order chi connectivity index (χ1) is 5.54. The number of hydrogen-bond donors (Lipinski definition) is 0. The Morgan fingerprint density at radius 3 is 2.33 bits per heavy atom. The molecule has 0 bridgehead atoms. The maximum absolute atomic E-state index is 11.2. The first-order valence-corrected chi connectivity index (χ1v) is 5.98. The van der Waals surface area contributed by atoms with Crippen LogP contribution in [0.25, 0.3) is 0 Å².